The predicted octanol–water partition coefficient (Wildman–Crippen LogP) is -0.947. The largest absolute Gasteiger partial charge is 0.394 e. The first-order chi connectivity index (χ1) is 7.63. The van der Waals surface area contributed by atoms with Crippen molar-refractivity contribution in [3.63, 3.8) is 0 Å². The molecule has 0 aliphatic carbocycles. The van der Waals surface area contributed by atoms with Gasteiger partial charge < -0.3 is 15.3 Å². The Kier molecular flexibility index (Phi) is 4.94. The minimum Gasteiger partial charge on any atom is -0.394 e. The fourth-order valence-corrected chi connectivity index (χ4v) is 1.19. The van der Waals surface area contributed by atoms with Crippen LogP contribution in [0.25, 0.3) is 0 Å². The topological polar surface area (TPSA) is 70.4 Å². The van der Waals surface area contributed by atoms with E-state index in [9.17, 15) is 4.79 Å². The summed E-state index contributed by atoms with van der Waals surface area (Å²) in [5.41, 5.74) is 1.00. The molecule has 1 aromatic heterocycles. The van der Waals surface area contributed by atoms with Crippen molar-refractivity contribution in [2.24, 2.45) is 0 Å². The van der Waals surface area contributed by atoms with E-state index in [-0.39, 0.29) is 12.5 Å². The van der Waals surface area contributed by atoms with Gasteiger partial charge in [-0.2, -0.15) is 5.10 Å². The molecule has 0 unspecified atom stereocenters. The first kappa shape index (κ1) is 12.7. The van der Waals surface area contributed by atoms with Crippen LogP contribution in [0, 0.1) is 0 Å². The second-order valence-electron chi connectivity index (χ2n) is 3.73. The highest BCUT2D eigenvalue weighted by Gasteiger charge is 2.03. The molecule has 1 amide bonds. The van der Waals surface area contributed by atoms with E-state index >= 15 is 0 Å². The molecule has 2 N–H and O–H groups in total. The molecule has 0 spiro atoms. The summed E-state index contributed by atoms with van der Waals surface area (Å²) in [6.07, 6.45) is 3.58. The maximum atomic E-state index is 11.3. The zero-order valence-corrected chi connectivity index (χ0v) is 9.68. The van der Waals surface area contributed by atoms with Gasteiger partial charge in [-0.15, -0.1) is 0 Å². The van der Waals surface area contributed by atoms with Crippen molar-refractivity contribution in [1.29, 1.82) is 0 Å². The van der Waals surface area contributed by atoms with Gasteiger partial charge in [0.1, 0.15) is 0 Å². The molecule has 1 heterocycles. The molecule has 90 valence electrons. The van der Waals surface area contributed by atoms with Crippen molar-refractivity contribution in [2.75, 3.05) is 27.2 Å². The molecule has 1 aromatic rings. The minimum absolute atomic E-state index is 0.0442. The van der Waals surface area contributed by atoms with Gasteiger partial charge >= 0.3 is 0 Å². The van der Waals surface area contributed by atoms with Crippen molar-refractivity contribution in [3.05, 3.63) is 18.0 Å². The summed E-state index contributed by atoms with van der Waals surface area (Å²) in [4.78, 5) is 12.8. The number of hydrogen-bond donors (Lipinski definition) is 2. The quantitative estimate of drug-likeness (QED) is 0.656. The molecule has 16 heavy (non-hydrogen) atoms. The molecule has 0 bridgehead atoms. The number of aromatic nitrogens is 2. The van der Waals surface area contributed by atoms with Gasteiger partial charge in [-0.25, -0.2) is 0 Å². The van der Waals surface area contributed by atoms with E-state index in [2.05, 4.69) is 10.4 Å². The third-order valence-corrected chi connectivity index (χ3v) is 2.12. The van der Waals surface area contributed by atoms with Gasteiger partial charge in [-0.3, -0.25) is 9.48 Å². The Morgan fingerprint density at radius 1 is 1.62 bits per heavy atom. The van der Waals surface area contributed by atoms with E-state index < -0.39 is 0 Å². The standard InChI is InChI=1S/C10H18N4O2/c1-13(2)10(16)7-11-5-9-6-12-14(8-9)3-4-15/h6,8,11,15H,3-5,7H2,1-2H3. The lowest BCUT2D eigenvalue weighted by atomic mass is 10.3. The number of carbonyl (C=O) groups is 1. The normalized spacial score (nSPS) is 10.4. The molecular weight excluding hydrogens is 208 g/mol. The van der Waals surface area contributed by atoms with Crippen LogP contribution in [-0.4, -0.2) is 52.9 Å². The second-order valence-corrected chi connectivity index (χ2v) is 3.73. The summed E-state index contributed by atoms with van der Waals surface area (Å²) >= 11 is 0. The number of nitrogens with one attached hydrogen (secondary N) is 1. The average Bonchev–Trinajstić information content (AvgIpc) is 2.66. The van der Waals surface area contributed by atoms with Crippen molar-refractivity contribution >= 4 is 5.91 Å². The summed E-state index contributed by atoms with van der Waals surface area (Å²) in [5.74, 6) is 0.0442. The zero-order chi connectivity index (χ0) is 12.0. The molecule has 0 aliphatic rings. The van der Waals surface area contributed by atoms with Crippen molar-refractivity contribution in [1.82, 2.24) is 20.0 Å². The van der Waals surface area contributed by atoms with Gasteiger partial charge in [0.15, 0.2) is 0 Å². The number of rotatable bonds is 6. The SMILES string of the molecule is CN(C)C(=O)CNCc1cnn(CCO)c1. The molecule has 0 atom stereocenters. The lowest BCUT2D eigenvalue weighted by molar-refractivity contribution is -0.127. The van der Waals surface area contributed by atoms with E-state index in [1.54, 1.807) is 29.9 Å². The van der Waals surface area contributed by atoms with E-state index in [4.69, 9.17) is 5.11 Å². The second kappa shape index (κ2) is 6.24. The summed E-state index contributed by atoms with van der Waals surface area (Å²) in [6, 6.07) is 0. The fraction of sp³-hybridized carbons (Fsp3) is 0.600. The van der Waals surface area contributed by atoms with E-state index in [1.807, 2.05) is 6.20 Å². The molecule has 6 nitrogen and oxygen atoms in total. The number of carbonyl (C=O) groups excluding carboxylic acids is 1. The van der Waals surface area contributed by atoms with Crippen LogP contribution in [-0.2, 0) is 17.9 Å². The minimum atomic E-state index is 0.0442. The van der Waals surface area contributed by atoms with Gasteiger partial charge in [0.2, 0.25) is 5.91 Å². The molecule has 0 aromatic carbocycles. The lowest BCUT2D eigenvalue weighted by Crippen LogP contribution is -2.32. The Labute approximate surface area is 94.9 Å². The van der Waals surface area contributed by atoms with Crippen molar-refractivity contribution < 1.29 is 9.90 Å². The maximum Gasteiger partial charge on any atom is 0.236 e. The number of nitrogens with zero attached hydrogens (tertiary/aromatic N) is 3. The number of hydrogen-bond acceptors (Lipinski definition) is 4. The van der Waals surface area contributed by atoms with Crippen LogP contribution < -0.4 is 5.32 Å². The smallest absolute Gasteiger partial charge is 0.236 e. The molecule has 0 radical (unpaired) electrons. The number of amides is 1. The van der Waals surface area contributed by atoms with Crippen LogP contribution in [0.5, 0.6) is 0 Å². The maximum absolute atomic E-state index is 11.3. The van der Waals surface area contributed by atoms with E-state index in [0.717, 1.165) is 5.56 Å². The predicted molar refractivity (Wildman–Crippen MR) is 59.7 cm³/mol. The van der Waals surface area contributed by atoms with E-state index in [1.165, 1.54) is 0 Å². The molecule has 0 saturated heterocycles. The Hall–Kier alpha value is -1.40. The highest BCUT2D eigenvalue weighted by molar-refractivity contribution is 5.77. The summed E-state index contributed by atoms with van der Waals surface area (Å²) < 4.78 is 1.67. The van der Waals surface area contributed by atoms with Crippen LogP contribution >= 0.6 is 0 Å². The first-order valence-corrected chi connectivity index (χ1v) is 5.16. The van der Waals surface area contributed by atoms with Crippen molar-refractivity contribution in [3.8, 4) is 0 Å². The lowest BCUT2D eigenvalue weighted by Gasteiger charge is -2.10. The van der Waals surface area contributed by atoms with Gasteiger partial charge in [-0.05, 0) is 0 Å². The van der Waals surface area contributed by atoms with Gasteiger partial charge in [0, 0.05) is 32.4 Å². The molecule has 1 rings (SSSR count). The van der Waals surface area contributed by atoms with Crippen LogP contribution in [0.1, 0.15) is 5.56 Å². The summed E-state index contributed by atoms with van der Waals surface area (Å²) in [6.45, 7) is 1.49. The zero-order valence-electron chi connectivity index (χ0n) is 9.68. The Balaban J connectivity index is 2.29. The molecule has 6 heteroatoms. The summed E-state index contributed by atoms with van der Waals surface area (Å²) in [5, 5.41) is 15.8. The monoisotopic (exact) mass is 226 g/mol. The van der Waals surface area contributed by atoms with Gasteiger partial charge in [0.25, 0.3) is 0 Å². The van der Waals surface area contributed by atoms with Crippen molar-refractivity contribution in [2.45, 2.75) is 13.1 Å². The third-order valence-electron chi connectivity index (χ3n) is 2.12. The molecule has 0 aliphatic heterocycles. The van der Waals surface area contributed by atoms with Crippen LogP contribution in [0.15, 0.2) is 12.4 Å². The molecule has 0 saturated carbocycles. The third kappa shape index (κ3) is 4.00. The number of aliphatic hydroxyl groups excluding tert-OH is 1. The van der Waals surface area contributed by atoms with Crippen LogP contribution in [0.2, 0.25) is 0 Å². The first-order valence-electron chi connectivity index (χ1n) is 5.16. The highest BCUT2D eigenvalue weighted by atomic mass is 16.3. The van der Waals surface area contributed by atoms with Gasteiger partial charge in [-0.1, -0.05) is 0 Å². The summed E-state index contributed by atoms with van der Waals surface area (Å²) in [7, 11) is 3.45. The Morgan fingerprint density at radius 2 is 2.38 bits per heavy atom. The average molecular weight is 226 g/mol. The van der Waals surface area contributed by atoms with Crippen LogP contribution in [0.4, 0.5) is 0 Å². The van der Waals surface area contributed by atoms with E-state index in [0.29, 0.717) is 19.6 Å². The Bertz CT molecular complexity index is 335. The molecule has 0 fully saturated rings. The number of aliphatic hydroxyl groups is 1. The number of likely N-dealkylation sites (N-methyl/N-ethyl adjacent to an activating group) is 1. The fourth-order valence-electron chi connectivity index (χ4n) is 1.19. The molecular formula is C10H18N4O2. The highest BCUT2D eigenvalue weighted by Crippen LogP contribution is 1.96. The van der Waals surface area contributed by atoms with Crippen LogP contribution in [0.3, 0.4) is 0 Å². The van der Waals surface area contributed by atoms with Gasteiger partial charge in [0.05, 0.1) is 25.9 Å². The Morgan fingerprint density at radius 3 is 3.00 bits per heavy atom.